The molecule has 0 radical (unpaired) electrons. The largest absolute Gasteiger partial charge is 0.385 e. The SMILES string of the molecule is COCCCCn1c(C(=O)N(CC(C)C)[C@@H]2CNC[C@H](c3ncon3)C2)nc2ccccc21. The summed E-state index contributed by atoms with van der Waals surface area (Å²) < 4.78 is 12.2. The summed E-state index contributed by atoms with van der Waals surface area (Å²) in [5.74, 6) is 1.62. The monoisotopic (exact) mass is 454 g/mol. The second-order valence-electron chi connectivity index (χ2n) is 9.16. The number of aryl methyl sites for hydroxylation is 1. The van der Waals surface area contributed by atoms with E-state index in [0.29, 0.717) is 30.7 Å². The molecule has 33 heavy (non-hydrogen) atoms. The van der Waals surface area contributed by atoms with Gasteiger partial charge in [-0.05, 0) is 37.3 Å². The Balaban J connectivity index is 1.62. The topological polar surface area (TPSA) is 98.3 Å². The van der Waals surface area contributed by atoms with Crippen molar-refractivity contribution in [2.24, 2.45) is 5.92 Å². The number of hydrogen-bond donors (Lipinski definition) is 1. The Morgan fingerprint density at radius 2 is 2.15 bits per heavy atom. The molecule has 1 aliphatic heterocycles. The number of methoxy groups -OCH3 is 1. The summed E-state index contributed by atoms with van der Waals surface area (Å²) in [4.78, 5) is 25.0. The smallest absolute Gasteiger partial charge is 0.290 e. The molecule has 3 heterocycles. The van der Waals surface area contributed by atoms with Crippen LogP contribution < -0.4 is 5.32 Å². The molecule has 4 rings (SSSR count). The molecule has 0 bridgehead atoms. The predicted octanol–water partition coefficient (Wildman–Crippen LogP) is 3.09. The van der Waals surface area contributed by atoms with Crippen LogP contribution in [0.1, 0.15) is 55.5 Å². The van der Waals surface area contributed by atoms with Crippen LogP contribution in [0.15, 0.2) is 35.2 Å². The van der Waals surface area contributed by atoms with E-state index in [1.807, 2.05) is 29.2 Å². The van der Waals surface area contributed by atoms with Crippen LogP contribution in [0.25, 0.3) is 11.0 Å². The summed E-state index contributed by atoms with van der Waals surface area (Å²) in [7, 11) is 1.71. The fraction of sp³-hybridized carbons (Fsp3) is 0.583. The Morgan fingerprint density at radius 3 is 2.91 bits per heavy atom. The van der Waals surface area contributed by atoms with Crippen molar-refractivity contribution in [1.82, 2.24) is 29.9 Å². The lowest BCUT2D eigenvalue weighted by Gasteiger charge is -2.38. The number of carbonyl (C=O) groups excluding carboxylic acids is 1. The summed E-state index contributed by atoms with van der Waals surface area (Å²) in [6, 6.07) is 8.00. The van der Waals surface area contributed by atoms with Gasteiger partial charge in [0.1, 0.15) is 0 Å². The van der Waals surface area contributed by atoms with Crippen LogP contribution in [0.3, 0.4) is 0 Å². The number of imidazole rings is 1. The van der Waals surface area contributed by atoms with E-state index in [9.17, 15) is 4.79 Å². The lowest BCUT2D eigenvalue weighted by atomic mass is 9.93. The van der Waals surface area contributed by atoms with E-state index < -0.39 is 0 Å². The van der Waals surface area contributed by atoms with Gasteiger partial charge < -0.3 is 24.0 Å². The number of rotatable bonds is 10. The summed E-state index contributed by atoms with van der Waals surface area (Å²) >= 11 is 0. The molecule has 9 nitrogen and oxygen atoms in total. The maximum absolute atomic E-state index is 14.0. The molecule has 1 aromatic carbocycles. The molecule has 1 aliphatic rings. The molecule has 178 valence electrons. The van der Waals surface area contributed by atoms with Crippen molar-refractivity contribution >= 4 is 16.9 Å². The van der Waals surface area contributed by atoms with Crippen molar-refractivity contribution in [1.29, 1.82) is 0 Å². The van der Waals surface area contributed by atoms with Crippen molar-refractivity contribution in [2.45, 2.75) is 51.6 Å². The van der Waals surface area contributed by atoms with Gasteiger partial charge in [-0.25, -0.2) is 4.98 Å². The summed E-state index contributed by atoms with van der Waals surface area (Å²) in [6.07, 6.45) is 4.01. The van der Waals surface area contributed by atoms with Gasteiger partial charge in [0.15, 0.2) is 11.6 Å². The van der Waals surface area contributed by atoms with Crippen LogP contribution >= 0.6 is 0 Å². The van der Waals surface area contributed by atoms with Gasteiger partial charge in [0.25, 0.3) is 5.91 Å². The van der Waals surface area contributed by atoms with E-state index in [0.717, 1.165) is 49.9 Å². The van der Waals surface area contributed by atoms with Gasteiger partial charge in [-0.15, -0.1) is 0 Å². The number of hydrogen-bond acceptors (Lipinski definition) is 7. The second-order valence-corrected chi connectivity index (χ2v) is 9.16. The number of piperidine rings is 1. The number of amides is 1. The molecule has 9 heteroatoms. The average molecular weight is 455 g/mol. The molecule has 1 N–H and O–H groups in total. The molecule has 2 atom stereocenters. The van der Waals surface area contributed by atoms with E-state index in [-0.39, 0.29) is 17.9 Å². The van der Waals surface area contributed by atoms with Gasteiger partial charge in [0.2, 0.25) is 6.39 Å². The number of unbranched alkanes of at least 4 members (excludes halogenated alkanes) is 1. The Bertz CT molecular complexity index is 1030. The number of ether oxygens (including phenoxy) is 1. The molecule has 1 amide bonds. The molecule has 1 fully saturated rings. The first-order chi connectivity index (χ1) is 16.1. The molecular formula is C24H34N6O3. The van der Waals surface area contributed by atoms with Crippen molar-refractivity contribution in [3.05, 3.63) is 42.3 Å². The van der Waals surface area contributed by atoms with Crippen molar-refractivity contribution < 1.29 is 14.1 Å². The Kier molecular flexibility index (Phi) is 7.72. The highest BCUT2D eigenvalue weighted by molar-refractivity contribution is 5.95. The quantitative estimate of drug-likeness (QED) is 0.470. The number of aromatic nitrogens is 4. The number of fused-ring (bicyclic) bond motifs is 1. The predicted molar refractivity (Wildman–Crippen MR) is 125 cm³/mol. The lowest BCUT2D eigenvalue weighted by Crippen LogP contribution is -2.52. The highest BCUT2D eigenvalue weighted by Crippen LogP contribution is 2.26. The number of benzene rings is 1. The number of para-hydroxylation sites is 2. The molecule has 0 aliphatic carbocycles. The van der Waals surface area contributed by atoms with Crippen LogP contribution in [0.4, 0.5) is 0 Å². The van der Waals surface area contributed by atoms with Crippen molar-refractivity contribution in [3.63, 3.8) is 0 Å². The Morgan fingerprint density at radius 1 is 1.30 bits per heavy atom. The molecule has 0 spiro atoms. The van der Waals surface area contributed by atoms with Crippen LogP contribution in [-0.2, 0) is 11.3 Å². The van der Waals surface area contributed by atoms with Gasteiger partial charge in [-0.2, -0.15) is 4.98 Å². The van der Waals surface area contributed by atoms with Gasteiger partial charge >= 0.3 is 0 Å². The normalized spacial score (nSPS) is 18.8. The molecular weight excluding hydrogens is 420 g/mol. The van der Waals surface area contributed by atoms with E-state index >= 15 is 0 Å². The third-order valence-corrected chi connectivity index (χ3v) is 6.16. The zero-order valence-electron chi connectivity index (χ0n) is 19.7. The van der Waals surface area contributed by atoms with Gasteiger partial charge in [0.05, 0.1) is 11.0 Å². The van der Waals surface area contributed by atoms with Crippen molar-refractivity contribution in [2.75, 3.05) is 33.4 Å². The van der Waals surface area contributed by atoms with E-state index in [1.165, 1.54) is 6.39 Å². The molecule has 2 aromatic heterocycles. The number of nitrogens with one attached hydrogen (secondary N) is 1. The maximum Gasteiger partial charge on any atom is 0.290 e. The minimum absolute atomic E-state index is 0.0211. The van der Waals surface area contributed by atoms with Gasteiger partial charge in [-0.3, -0.25) is 4.79 Å². The Hall–Kier alpha value is -2.78. The van der Waals surface area contributed by atoms with Crippen LogP contribution in [-0.4, -0.2) is 69.9 Å². The summed E-state index contributed by atoms with van der Waals surface area (Å²) in [5, 5.41) is 7.50. The first-order valence-electron chi connectivity index (χ1n) is 11.8. The van der Waals surface area contributed by atoms with E-state index in [2.05, 4.69) is 33.9 Å². The molecule has 1 saturated heterocycles. The van der Waals surface area contributed by atoms with Crippen LogP contribution in [0.5, 0.6) is 0 Å². The first-order valence-corrected chi connectivity index (χ1v) is 11.8. The zero-order valence-corrected chi connectivity index (χ0v) is 19.7. The third kappa shape index (κ3) is 5.42. The van der Waals surface area contributed by atoms with Crippen molar-refractivity contribution in [3.8, 4) is 0 Å². The minimum Gasteiger partial charge on any atom is -0.385 e. The van der Waals surface area contributed by atoms with E-state index in [4.69, 9.17) is 14.2 Å². The average Bonchev–Trinajstić information content (AvgIpc) is 3.48. The van der Waals surface area contributed by atoms with Crippen LogP contribution in [0, 0.1) is 5.92 Å². The fourth-order valence-corrected chi connectivity index (χ4v) is 4.61. The van der Waals surface area contributed by atoms with E-state index in [1.54, 1.807) is 7.11 Å². The van der Waals surface area contributed by atoms with Gasteiger partial charge in [-0.1, -0.05) is 31.1 Å². The third-order valence-electron chi connectivity index (χ3n) is 6.16. The zero-order chi connectivity index (χ0) is 23.2. The molecule has 0 unspecified atom stereocenters. The molecule has 0 saturated carbocycles. The fourth-order valence-electron chi connectivity index (χ4n) is 4.61. The summed E-state index contributed by atoms with van der Waals surface area (Å²) in [6.45, 7) is 7.90. The Labute approximate surface area is 194 Å². The highest BCUT2D eigenvalue weighted by Gasteiger charge is 2.34. The lowest BCUT2D eigenvalue weighted by molar-refractivity contribution is 0.0590. The number of carbonyl (C=O) groups is 1. The first kappa shape index (κ1) is 23.4. The van der Waals surface area contributed by atoms with Gasteiger partial charge in [0, 0.05) is 51.9 Å². The highest BCUT2D eigenvalue weighted by atomic mass is 16.5. The maximum atomic E-state index is 14.0. The second kappa shape index (κ2) is 10.9. The van der Waals surface area contributed by atoms with Crippen LogP contribution in [0.2, 0.25) is 0 Å². The minimum atomic E-state index is -0.0211. The summed E-state index contributed by atoms with van der Waals surface area (Å²) in [5.41, 5.74) is 1.85. The molecule has 3 aromatic rings. The standard InChI is InChI=1S/C24H34N6O3/c1-17(2)15-30(19-12-18(13-25-14-19)22-26-16-33-28-22)24(31)23-27-20-8-4-5-9-21(20)29(23)10-6-7-11-32-3/h4-5,8-9,16-19,25H,6-7,10-15H2,1-3H3/t18-,19+/m1/s1. The number of nitrogens with zero attached hydrogens (tertiary/aromatic N) is 5.